The van der Waals surface area contributed by atoms with Gasteiger partial charge in [-0.05, 0) is 68.4 Å². The van der Waals surface area contributed by atoms with Crippen LogP contribution in [0.25, 0.3) is 0 Å². The Morgan fingerprint density at radius 3 is 2.32 bits per heavy atom. The molecule has 0 aromatic heterocycles. The number of methoxy groups -OCH3 is 1. The lowest BCUT2D eigenvalue weighted by Gasteiger charge is -2.55. The summed E-state index contributed by atoms with van der Waals surface area (Å²) in [6, 6.07) is 5.47. The molecule has 7 nitrogen and oxygen atoms in total. The van der Waals surface area contributed by atoms with Crippen molar-refractivity contribution in [3.8, 4) is 5.75 Å². The minimum Gasteiger partial charge on any atom is -0.494 e. The summed E-state index contributed by atoms with van der Waals surface area (Å²) in [4.78, 5) is 27.8. The number of carbonyl (C=O) groups excluding carboxylic acids is 2. The van der Waals surface area contributed by atoms with Crippen LogP contribution in [0.2, 0.25) is 0 Å². The van der Waals surface area contributed by atoms with Crippen LogP contribution in [-0.2, 0) is 14.3 Å². The van der Waals surface area contributed by atoms with Crippen molar-refractivity contribution < 1.29 is 19.1 Å². The first kappa shape index (κ1) is 20.8. The van der Waals surface area contributed by atoms with E-state index in [1.165, 1.54) is 19.3 Å². The highest BCUT2D eigenvalue weighted by molar-refractivity contribution is 5.97. The Morgan fingerprint density at radius 1 is 1.06 bits per heavy atom. The maximum absolute atomic E-state index is 13.3. The lowest BCUT2D eigenvalue weighted by molar-refractivity contribution is -0.140. The van der Waals surface area contributed by atoms with E-state index in [2.05, 4.69) is 15.5 Å². The molecule has 5 aliphatic rings. The molecule has 7 heteroatoms. The zero-order valence-corrected chi connectivity index (χ0v) is 18.3. The van der Waals surface area contributed by atoms with Crippen LogP contribution in [0.4, 0.5) is 11.4 Å². The Kier molecular flexibility index (Phi) is 5.65. The number of hydrogen-bond acceptors (Lipinski definition) is 5. The Morgan fingerprint density at radius 2 is 1.71 bits per heavy atom. The predicted molar refractivity (Wildman–Crippen MR) is 118 cm³/mol. The molecule has 4 bridgehead atoms. The number of rotatable bonds is 6. The molecule has 0 spiro atoms. The van der Waals surface area contributed by atoms with Gasteiger partial charge in [-0.25, -0.2) is 0 Å². The van der Waals surface area contributed by atoms with E-state index in [0.717, 1.165) is 55.8 Å². The lowest BCUT2D eigenvalue weighted by atomic mass is 9.49. The molecule has 0 atom stereocenters. The van der Waals surface area contributed by atoms with Crippen molar-refractivity contribution in [1.29, 1.82) is 0 Å². The first-order valence-electron chi connectivity index (χ1n) is 11.6. The third kappa shape index (κ3) is 4.30. The van der Waals surface area contributed by atoms with Gasteiger partial charge in [-0.2, -0.15) is 0 Å². The summed E-state index contributed by atoms with van der Waals surface area (Å²) >= 11 is 0. The van der Waals surface area contributed by atoms with Gasteiger partial charge in [0.05, 0.1) is 38.0 Å². The number of anilines is 2. The maximum atomic E-state index is 13.3. The van der Waals surface area contributed by atoms with Crippen LogP contribution in [0.15, 0.2) is 18.2 Å². The molecule has 1 saturated heterocycles. The van der Waals surface area contributed by atoms with Gasteiger partial charge in [0.1, 0.15) is 5.75 Å². The quantitative estimate of drug-likeness (QED) is 0.729. The van der Waals surface area contributed by atoms with Gasteiger partial charge in [-0.15, -0.1) is 0 Å². The van der Waals surface area contributed by atoms with Crippen molar-refractivity contribution in [3.05, 3.63) is 18.2 Å². The van der Waals surface area contributed by atoms with Crippen LogP contribution in [0.1, 0.15) is 38.5 Å². The van der Waals surface area contributed by atoms with Crippen LogP contribution < -0.4 is 15.4 Å². The average molecular weight is 428 g/mol. The van der Waals surface area contributed by atoms with Crippen LogP contribution in [0.3, 0.4) is 0 Å². The Labute approximate surface area is 183 Å². The SMILES string of the molecule is COc1cc(NC(=O)C23CC4CC(CC(C4)C2)C3)ccc1NC(=O)CN1CCOCC1. The fourth-order valence-electron chi connectivity index (χ4n) is 6.68. The molecule has 1 heterocycles. The maximum Gasteiger partial charge on any atom is 0.238 e. The standard InChI is InChI=1S/C24H33N3O4/c1-30-21-11-19(2-3-20(21)26-22(28)15-27-4-6-31-7-5-27)25-23(29)24-12-16-8-17(13-24)10-18(9-16)14-24/h2-3,11,16-18H,4-10,12-15H2,1H3,(H,25,29)(H,26,28). The van der Waals surface area contributed by atoms with Gasteiger partial charge in [0, 0.05) is 24.8 Å². The number of ether oxygens (including phenoxy) is 2. The average Bonchev–Trinajstić information content (AvgIpc) is 2.74. The van der Waals surface area contributed by atoms with Crippen LogP contribution >= 0.6 is 0 Å². The molecule has 4 aliphatic carbocycles. The Balaban J connectivity index is 1.23. The van der Waals surface area contributed by atoms with E-state index in [4.69, 9.17) is 9.47 Å². The Hall–Kier alpha value is -2.12. The van der Waals surface area contributed by atoms with Crippen LogP contribution in [0.5, 0.6) is 5.75 Å². The topological polar surface area (TPSA) is 79.9 Å². The highest BCUT2D eigenvalue weighted by atomic mass is 16.5. The van der Waals surface area contributed by atoms with Crippen molar-refractivity contribution in [3.63, 3.8) is 0 Å². The number of benzene rings is 1. The van der Waals surface area contributed by atoms with Crippen molar-refractivity contribution in [1.82, 2.24) is 4.90 Å². The monoisotopic (exact) mass is 427 g/mol. The van der Waals surface area contributed by atoms with Crippen LogP contribution in [-0.4, -0.2) is 56.7 Å². The number of amides is 2. The summed E-state index contributed by atoms with van der Waals surface area (Å²) in [7, 11) is 1.58. The normalized spacial score (nSPS) is 32.0. The molecule has 5 fully saturated rings. The first-order chi connectivity index (χ1) is 15.0. The van der Waals surface area contributed by atoms with Gasteiger partial charge in [0.15, 0.2) is 0 Å². The first-order valence-corrected chi connectivity index (χ1v) is 11.6. The minimum absolute atomic E-state index is 0.0782. The van der Waals surface area contributed by atoms with E-state index in [1.807, 2.05) is 18.2 Å². The van der Waals surface area contributed by atoms with Crippen molar-refractivity contribution in [2.45, 2.75) is 38.5 Å². The summed E-state index contributed by atoms with van der Waals surface area (Å²) in [5.41, 5.74) is 1.16. The van der Waals surface area contributed by atoms with Gasteiger partial charge in [-0.3, -0.25) is 14.5 Å². The van der Waals surface area contributed by atoms with E-state index >= 15 is 0 Å². The number of morpholine rings is 1. The molecule has 4 saturated carbocycles. The molecule has 168 valence electrons. The molecule has 1 aliphatic heterocycles. The van der Waals surface area contributed by atoms with Gasteiger partial charge < -0.3 is 20.1 Å². The number of carbonyl (C=O) groups is 2. The number of nitrogens with one attached hydrogen (secondary N) is 2. The molecule has 6 rings (SSSR count). The third-order valence-electron chi connectivity index (χ3n) is 7.72. The van der Waals surface area contributed by atoms with Gasteiger partial charge in [0.25, 0.3) is 0 Å². The zero-order chi connectivity index (χ0) is 21.4. The Bertz CT molecular complexity index is 814. The highest BCUT2D eigenvalue weighted by Gasteiger charge is 2.54. The van der Waals surface area contributed by atoms with Crippen LogP contribution in [0, 0.1) is 23.2 Å². The molecule has 1 aromatic rings. The molecule has 2 amide bonds. The van der Waals surface area contributed by atoms with Gasteiger partial charge >= 0.3 is 0 Å². The van der Waals surface area contributed by atoms with E-state index < -0.39 is 0 Å². The van der Waals surface area contributed by atoms with E-state index in [-0.39, 0.29) is 17.2 Å². The zero-order valence-electron chi connectivity index (χ0n) is 18.3. The molecule has 0 radical (unpaired) electrons. The number of hydrogen-bond donors (Lipinski definition) is 2. The molecule has 2 N–H and O–H groups in total. The second kappa shape index (κ2) is 8.43. The fourth-order valence-corrected chi connectivity index (χ4v) is 6.68. The third-order valence-corrected chi connectivity index (χ3v) is 7.72. The summed E-state index contributed by atoms with van der Waals surface area (Å²) in [6.45, 7) is 3.18. The summed E-state index contributed by atoms with van der Waals surface area (Å²) in [5, 5.41) is 6.10. The molecular formula is C24H33N3O4. The van der Waals surface area contributed by atoms with Crippen molar-refractivity contribution in [2.24, 2.45) is 23.2 Å². The van der Waals surface area contributed by atoms with Gasteiger partial charge in [-0.1, -0.05) is 0 Å². The molecule has 31 heavy (non-hydrogen) atoms. The van der Waals surface area contributed by atoms with E-state index in [0.29, 0.717) is 31.2 Å². The minimum atomic E-state index is -0.187. The number of nitrogens with zero attached hydrogens (tertiary/aromatic N) is 1. The predicted octanol–water partition coefficient (Wildman–Crippen LogP) is 3.12. The molecule has 0 unspecified atom stereocenters. The van der Waals surface area contributed by atoms with E-state index in [1.54, 1.807) is 7.11 Å². The largest absolute Gasteiger partial charge is 0.494 e. The van der Waals surface area contributed by atoms with Crippen molar-refractivity contribution in [2.75, 3.05) is 50.6 Å². The smallest absolute Gasteiger partial charge is 0.238 e. The molecule has 1 aromatic carbocycles. The lowest BCUT2D eigenvalue weighted by Crippen LogP contribution is -2.51. The second-order valence-electron chi connectivity index (χ2n) is 10.0. The fraction of sp³-hybridized carbons (Fsp3) is 0.667. The summed E-state index contributed by atoms with van der Waals surface area (Å²) in [5.74, 6) is 2.84. The van der Waals surface area contributed by atoms with Gasteiger partial charge in [0.2, 0.25) is 11.8 Å². The highest BCUT2D eigenvalue weighted by Crippen LogP contribution is 2.60. The summed E-state index contributed by atoms with van der Waals surface area (Å²) in [6.07, 6.45) is 7.07. The molecular weight excluding hydrogens is 394 g/mol. The van der Waals surface area contributed by atoms with E-state index in [9.17, 15) is 9.59 Å². The van der Waals surface area contributed by atoms with Crippen molar-refractivity contribution >= 4 is 23.2 Å². The second-order valence-corrected chi connectivity index (χ2v) is 10.0. The summed E-state index contributed by atoms with van der Waals surface area (Å²) < 4.78 is 10.8.